The summed E-state index contributed by atoms with van der Waals surface area (Å²) in [6, 6.07) is 19.0. The maximum absolute atomic E-state index is 12.6. The van der Waals surface area contributed by atoms with E-state index in [1.54, 1.807) is 49.4 Å². The van der Waals surface area contributed by atoms with Crippen molar-refractivity contribution in [2.45, 2.75) is 11.8 Å². The molecule has 0 saturated carbocycles. The molecule has 3 aromatic rings. The summed E-state index contributed by atoms with van der Waals surface area (Å²) in [4.78, 5) is 24.2. The maximum Gasteiger partial charge on any atom is 0.337 e. The average molecular weight is 424 g/mol. The molecular formula is C22H20N2O5S. The van der Waals surface area contributed by atoms with Crippen LogP contribution in [0.25, 0.3) is 0 Å². The molecule has 3 aromatic carbocycles. The predicted molar refractivity (Wildman–Crippen MR) is 114 cm³/mol. The molecular weight excluding hydrogens is 404 g/mol. The topological polar surface area (TPSA) is 102 Å². The first-order valence-corrected chi connectivity index (χ1v) is 10.5. The van der Waals surface area contributed by atoms with Gasteiger partial charge < -0.3 is 10.1 Å². The number of carbonyl (C=O) groups is 2. The molecule has 0 aliphatic rings. The second-order valence-electron chi connectivity index (χ2n) is 6.47. The van der Waals surface area contributed by atoms with E-state index in [1.165, 1.54) is 37.4 Å². The number of hydrogen-bond acceptors (Lipinski definition) is 5. The van der Waals surface area contributed by atoms with Gasteiger partial charge in [-0.2, -0.15) is 0 Å². The molecule has 154 valence electrons. The van der Waals surface area contributed by atoms with E-state index >= 15 is 0 Å². The van der Waals surface area contributed by atoms with Crippen molar-refractivity contribution >= 4 is 33.3 Å². The zero-order valence-electron chi connectivity index (χ0n) is 16.4. The molecule has 0 radical (unpaired) electrons. The summed E-state index contributed by atoms with van der Waals surface area (Å²) in [7, 11) is -2.49. The molecule has 0 bridgehead atoms. The van der Waals surface area contributed by atoms with Crippen molar-refractivity contribution in [2.24, 2.45) is 0 Å². The van der Waals surface area contributed by atoms with Gasteiger partial charge in [-0.15, -0.1) is 0 Å². The van der Waals surface area contributed by atoms with Gasteiger partial charge in [0.05, 0.1) is 23.3 Å². The number of nitrogens with one attached hydrogen (secondary N) is 2. The predicted octanol–water partition coefficient (Wildman–Crippen LogP) is 3.83. The van der Waals surface area contributed by atoms with Crippen LogP contribution in [0.5, 0.6) is 0 Å². The Bertz CT molecular complexity index is 1170. The number of benzene rings is 3. The van der Waals surface area contributed by atoms with Crippen molar-refractivity contribution in [3.8, 4) is 0 Å². The van der Waals surface area contributed by atoms with E-state index < -0.39 is 21.9 Å². The van der Waals surface area contributed by atoms with Crippen LogP contribution in [0.2, 0.25) is 0 Å². The molecule has 0 heterocycles. The van der Waals surface area contributed by atoms with Gasteiger partial charge in [-0.25, -0.2) is 13.2 Å². The molecule has 0 spiro atoms. The maximum atomic E-state index is 12.6. The van der Waals surface area contributed by atoms with Crippen molar-refractivity contribution in [1.29, 1.82) is 0 Å². The number of carbonyl (C=O) groups excluding carboxylic acids is 2. The first-order valence-electron chi connectivity index (χ1n) is 8.98. The zero-order valence-corrected chi connectivity index (χ0v) is 17.2. The second kappa shape index (κ2) is 8.79. The quantitative estimate of drug-likeness (QED) is 0.586. The van der Waals surface area contributed by atoms with Gasteiger partial charge in [0.15, 0.2) is 0 Å². The SMILES string of the molecule is COC(=O)c1ccc(NC(=O)c2ccc(C)c(NS(=O)(=O)c3ccccc3)c2)cc1. The lowest BCUT2D eigenvalue weighted by Crippen LogP contribution is -2.16. The smallest absolute Gasteiger partial charge is 0.337 e. The average Bonchev–Trinajstić information content (AvgIpc) is 2.75. The fraction of sp³-hybridized carbons (Fsp3) is 0.0909. The molecule has 2 N–H and O–H groups in total. The molecule has 30 heavy (non-hydrogen) atoms. The number of anilines is 2. The molecule has 7 nitrogen and oxygen atoms in total. The lowest BCUT2D eigenvalue weighted by molar-refractivity contribution is 0.0600. The van der Waals surface area contributed by atoms with Crippen LogP contribution in [0, 0.1) is 6.92 Å². The summed E-state index contributed by atoms with van der Waals surface area (Å²) < 4.78 is 32.3. The Balaban J connectivity index is 1.79. The Morgan fingerprint density at radius 3 is 2.13 bits per heavy atom. The van der Waals surface area contributed by atoms with Crippen LogP contribution in [0.15, 0.2) is 77.7 Å². The number of rotatable bonds is 6. The molecule has 0 unspecified atom stereocenters. The number of amides is 1. The molecule has 0 aromatic heterocycles. The number of esters is 1. The molecule has 3 rings (SSSR count). The van der Waals surface area contributed by atoms with E-state index in [4.69, 9.17) is 0 Å². The van der Waals surface area contributed by atoms with E-state index in [0.717, 1.165) is 0 Å². The van der Waals surface area contributed by atoms with Crippen LogP contribution < -0.4 is 10.0 Å². The fourth-order valence-electron chi connectivity index (χ4n) is 2.69. The highest BCUT2D eigenvalue weighted by Crippen LogP contribution is 2.22. The molecule has 0 atom stereocenters. The van der Waals surface area contributed by atoms with Gasteiger partial charge in [-0.05, 0) is 61.0 Å². The molecule has 8 heteroatoms. The van der Waals surface area contributed by atoms with Crippen LogP contribution in [-0.4, -0.2) is 27.4 Å². The Kier molecular flexibility index (Phi) is 6.17. The van der Waals surface area contributed by atoms with Gasteiger partial charge in [0.2, 0.25) is 0 Å². The number of methoxy groups -OCH3 is 1. The van der Waals surface area contributed by atoms with Crippen molar-refractivity contribution < 1.29 is 22.7 Å². The molecule has 0 fully saturated rings. The highest BCUT2D eigenvalue weighted by Gasteiger charge is 2.16. The first-order chi connectivity index (χ1) is 14.3. The van der Waals surface area contributed by atoms with Crippen molar-refractivity contribution in [3.05, 3.63) is 89.5 Å². The summed E-state index contributed by atoms with van der Waals surface area (Å²) >= 11 is 0. The third kappa shape index (κ3) is 4.84. The van der Waals surface area contributed by atoms with Gasteiger partial charge in [-0.3, -0.25) is 9.52 Å². The number of ether oxygens (including phenoxy) is 1. The lowest BCUT2D eigenvalue weighted by Gasteiger charge is -2.13. The van der Waals surface area contributed by atoms with Gasteiger partial charge in [0, 0.05) is 11.3 Å². The number of aryl methyl sites for hydroxylation is 1. The summed E-state index contributed by atoms with van der Waals surface area (Å²) in [5, 5.41) is 2.72. The standard InChI is InChI=1S/C22H20N2O5S/c1-15-8-9-17(14-20(15)24-30(27,28)19-6-4-3-5-7-19)21(25)23-18-12-10-16(11-13-18)22(26)29-2/h3-14,24H,1-2H3,(H,23,25). The summed E-state index contributed by atoms with van der Waals surface area (Å²) in [6.07, 6.45) is 0. The van der Waals surface area contributed by atoms with Crippen molar-refractivity contribution in [1.82, 2.24) is 0 Å². The van der Waals surface area contributed by atoms with Crippen LogP contribution in [-0.2, 0) is 14.8 Å². The minimum absolute atomic E-state index is 0.130. The van der Waals surface area contributed by atoms with Crippen molar-refractivity contribution in [2.75, 3.05) is 17.1 Å². The summed E-state index contributed by atoms with van der Waals surface area (Å²) in [6.45, 7) is 1.75. The third-order valence-electron chi connectivity index (χ3n) is 4.36. The van der Waals surface area contributed by atoms with Crippen LogP contribution in [0.1, 0.15) is 26.3 Å². The van der Waals surface area contributed by atoms with E-state index in [-0.39, 0.29) is 10.5 Å². The van der Waals surface area contributed by atoms with Gasteiger partial charge in [-0.1, -0.05) is 24.3 Å². The van der Waals surface area contributed by atoms with Crippen LogP contribution >= 0.6 is 0 Å². The van der Waals surface area contributed by atoms with E-state index in [1.807, 2.05) is 0 Å². The Morgan fingerprint density at radius 1 is 0.867 bits per heavy atom. The van der Waals surface area contributed by atoms with Gasteiger partial charge >= 0.3 is 5.97 Å². The largest absolute Gasteiger partial charge is 0.465 e. The molecule has 1 amide bonds. The first kappa shape index (κ1) is 21.1. The normalized spacial score (nSPS) is 10.9. The second-order valence-corrected chi connectivity index (χ2v) is 8.15. The van der Waals surface area contributed by atoms with Crippen LogP contribution in [0.3, 0.4) is 0 Å². The summed E-state index contributed by atoms with van der Waals surface area (Å²) in [5.41, 5.74) is 2.12. The molecule has 0 aliphatic carbocycles. The lowest BCUT2D eigenvalue weighted by atomic mass is 10.1. The molecule has 0 aliphatic heterocycles. The number of sulfonamides is 1. The van der Waals surface area contributed by atoms with E-state index in [9.17, 15) is 18.0 Å². The minimum atomic E-state index is -3.78. The van der Waals surface area contributed by atoms with E-state index in [0.29, 0.717) is 22.5 Å². The number of hydrogen-bond donors (Lipinski definition) is 2. The Morgan fingerprint density at radius 2 is 1.50 bits per heavy atom. The fourth-order valence-corrected chi connectivity index (χ4v) is 3.83. The van der Waals surface area contributed by atoms with Gasteiger partial charge in [0.25, 0.3) is 15.9 Å². The zero-order chi connectivity index (χ0) is 21.7. The monoisotopic (exact) mass is 424 g/mol. The highest BCUT2D eigenvalue weighted by molar-refractivity contribution is 7.92. The minimum Gasteiger partial charge on any atom is -0.465 e. The summed E-state index contributed by atoms with van der Waals surface area (Å²) in [5.74, 6) is -0.886. The highest BCUT2D eigenvalue weighted by atomic mass is 32.2. The molecule has 0 saturated heterocycles. The van der Waals surface area contributed by atoms with Crippen molar-refractivity contribution in [3.63, 3.8) is 0 Å². The Labute approximate surface area is 174 Å². The Hall–Kier alpha value is -3.65. The van der Waals surface area contributed by atoms with Crippen LogP contribution in [0.4, 0.5) is 11.4 Å². The third-order valence-corrected chi connectivity index (χ3v) is 5.74. The van der Waals surface area contributed by atoms with Gasteiger partial charge in [0.1, 0.15) is 0 Å². The van der Waals surface area contributed by atoms with E-state index in [2.05, 4.69) is 14.8 Å².